The van der Waals surface area contributed by atoms with E-state index in [4.69, 9.17) is 0 Å². The fraction of sp³-hybridized carbons (Fsp3) is 0.923. The van der Waals surface area contributed by atoms with Gasteiger partial charge in [-0.3, -0.25) is 4.79 Å². The van der Waals surface area contributed by atoms with Crippen molar-refractivity contribution >= 4 is 21.8 Å². The van der Waals surface area contributed by atoms with Crippen molar-refractivity contribution in [1.82, 2.24) is 5.32 Å². The molecule has 1 atom stereocenters. The van der Waals surface area contributed by atoms with Crippen LogP contribution >= 0.6 is 15.9 Å². The lowest BCUT2D eigenvalue weighted by atomic mass is 10.0. The Kier molecular flexibility index (Phi) is 11.4. The summed E-state index contributed by atoms with van der Waals surface area (Å²) in [5.41, 5.74) is 0. The number of unbranched alkanes of at least 4 members (excludes halogenated alkanes) is 2. The van der Waals surface area contributed by atoms with Gasteiger partial charge in [0, 0.05) is 17.8 Å². The van der Waals surface area contributed by atoms with Crippen molar-refractivity contribution in [2.24, 2.45) is 0 Å². The van der Waals surface area contributed by atoms with Crippen LogP contribution in [-0.4, -0.2) is 17.3 Å². The SMILES string of the molecule is CCCCC(CCC)NC(=O)CCCCBr. The Labute approximate surface area is 109 Å². The minimum absolute atomic E-state index is 0.232. The Hall–Kier alpha value is -0.0500. The summed E-state index contributed by atoms with van der Waals surface area (Å²) in [5.74, 6) is 0.232. The molecular formula is C13H26BrNO. The van der Waals surface area contributed by atoms with E-state index in [1.165, 1.54) is 12.8 Å². The highest BCUT2D eigenvalue weighted by Crippen LogP contribution is 2.08. The molecule has 0 aromatic heterocycles. The van der Waals surface area contributed by atoms with Crippen LogP contribution in [0.1, 0.15) is 65.2 Å². The van der Waals surface area contributed by atoms with Gasteiger partial charge in [0.1, 0.15) is 0 Å². The molecule has 0 heterocycles. The summed E-state index contributed by atoms with van der Waals surface area (Å²) >= 11 is 3.38. The van der Waals surface area contributed by atoms with Crippen molar-refractivity contribution in [3.63, 3.8) is 0 Å². The lowest BCUT2D eigenvalue weighted by Gasteiger charge is -2.17. The smallest absolute Gasteiger partial charge is 0.220 e. The van der Waals surface area contributed by atoms with Crippen molar-refractivity contribution in [2.45, 2.75) is 71.3 Å². The van der Waals surface area contributed by atoms with Gasteiger partial charge >= 0.3 is 0 Å². The second-order valence-corrected chi connectivity index (χ2v) is 5.13. The second kappa shape index (κ2) is 11.4. The molecule has 1 amide bonds. The lowest BCUT2D eigenvalue weighted by molar-refractivity contribution is -0.122. The summed E-state index contributed by atoms with van der Waals surface area (Å²) in [6, 6.07) is 0.404. The molecule has 0 rings (SSSR count). The molecular weight excluding hydrogens is 266 g/mol. The summed E-state index contributed by atoms with van der Waals surface area (Å²) < 4.78 is 0. The zero-order valence-corrected chi connectivity index (χ0v) is 12.3. The van der Waals surface area contributed by atoms with Crippen LogP contribution in [-0.2, 0) is 4.79 Å². The molecule has 0 aromatic carbocycles. The molecule has 0 saturated carbocycles. The lowest BCUT2D eigenvalue weighted by Crippen LogP contribution is -2.34. The van der Waals surface area contributed by atoms with E-state index in [0.29, 0.717) is 12.5 Å². The monoisotopic (exact) mass is 291 g/mol. The van der Waals surface area contributed by atoms with E-state index >= 15 is 0 Å². The molecule has 0 radical (unpaired) electrons. The molecule has 0 fully saturated rings. The van der Waals surface area contributed by atoms with Gasteiger partial charge in [-0.15, -0.1) is 0 Å². The van der Waals surface area contributed by atoms with E-state index < -0.39 is 0 Å². The zero-order chi connectivity index (χ0) is 12.2. The standard InChI is InChI=1S/C13H26BrNO/c1-3-5-9-12(8-4-2)15-13(16)10-6-7-11-14/h12H,3-11H2,1-2H3,(H,15,16). The van der Waals surface area contributed by atoms with Gasteiger partial charge in [0.25, 0.3) is 0 Å². The molecule has 0 aliphatic rings. The van der Waals surface area contributed by atoms with E-state index in [1.54, 1.807) is 0 Å². The van der Waals surface area contributed by atoms with Crippen molar-refractivity contribution < 1.29 is 4.79 Å². The number of alkyl halides is 1. The Morgan fingerprint density at radius 1 is 1.12 bits per heavy atom. The number of amides is 1. The maximum absolute atomic E-state index is 11.6. The average Bonchev–Trinajstić information content (AvgIpc) is 2.26. The maximum Gasteiger partial charge on any atom is 0.220 e. The van der Waals surface area contributed by atoms with Crippen molar-refractivity contribution in [2.75, 3.05) is 5.33 Å². The van der Waals surface area contributed by atoms with Crippen molar-refractivity contribution in [1.29, 1.82) is 0 Å². The number of rotatable bonds is 10. The third-order valence-electron chi connectivity index (χ3n) is 2.70. The van der Waals surface area contributed by atoms with Crippen LogP contribution in [0.3, 0.4) is 0 Å². The summed E-state index contributed by atoms with van der Waals surface area (Å²) in [4.78, 5) is 11.6. The third-order valence-corrected chi connectivity index (χ3v) is 3.26. The van der Waals surface area contributed by atoms with Gasteiger partial charge in [-0.2, -0.15) is 0 Å². The normalized spacial score (nSPS) is 12.4. The van der Waals surface area contributed by atoms with E-state index in [9.17, 15) is 4.79 Å². The van der Waals surface area contributed by atoms with E-state index in [0.717, 1.165) is 37.4 Å². The fourth-order valence-corrected chi connectivity index (χ4v) is 2.16. The van der Waals surface area contributed by atoms with Gasteiger partial charge in [0.2, 0.25) is 5.91 Å². The zero-order valence-electron chi connectivity index (χ0n) is 10.7. The highest BCUT2D eigenvalue weighted by atomic mass is 79.9. The molecule has 0 aliphatic heterocycles. The van der Waals surface area contributed by atoms with Gasteiger partial charge in [-0.25, -0.2) is 0 Å². The maximum atomic E-state index is 11.6. The number of carbonyl (C=O) groups excluding carboxylic acids is 1. The van der Waals surface area contributed by atoms with Crippen LogP contribution < -0.4 is 5.32 Å². The Bertz CT molecular complexity index is 173. The molecule has 0 spiro atoms. The van der Waals surface area contributed by atoms with E-state index in [1.807, 2.05) is 0 Å². The topological polar surface area (TPSA) is 29.1 Å². The molecule has 1 unspecified atom stereocenters. The van der Waals surface area contributed by atoms with E-state index in [2.05, 4.69) is 35.1 Å². The quantitative estimate of drug-likeness (QED) is 0.478. The molecule has 96 valence electrons. The Morgan fingerprint density at radius 2 is 1.88 bits per heavy atom. The molecule has 2 nitrogen and oxygen atoms in total. The predicted molar refractivity (Wildman–Crippen MR) is 74.0 cm³/mol. The largest absolute Gasteiger partial charge is 0.353 e. The number of nitrogens with one attached hydrogen (secondary N) is 1. The van der Waals surface area contributed by atoms with Crippen LogP contribution in [0.25, 0.3) is 0 Å². The Morgan fingerprint density at radius 3 is 2.44 bits per heavy atom. The first-order valence-electron chi connectivity index (χ1n) is 6.59. The summed E-state index contributed by atoms with van der Waals surface area (Å²) in [7, 11) is 0. The summed E-state index contributed by atoms with van der Waals surface area (Å²) in [6.45, 7) is 4.37. The predicted octanol–water partition coefficient (Wildman–Crippen LogP) is 4.03. The Balaban J connectivity index is 3.73. The molecule has 0 aliphatic carbocycles. The van der Waals surface area contributed by atoms with Crippen molar-refractivity contribution in [3.8, 4) is 0 Å². The third kappa shape index (κ3) is 9.20. The number of hydrogen-bond donors (Lipinski definition) is 1. The van der Waals surface area contributed by atoms with Gasteiger partial charge in [-0.05, 0) is 25.7 Å². The molecule has 16 heavy (non-hydrogen) atoms. The average molecular weight is 292 g/mol. The number of halogens is 1. The first-order valence-corrected chi connectivity index (χ1v) is 7.72. The van der Waals surface area contributed by atoms with Crippen LogP contribution in [0.2, 0.25) is 0 Å². The molecule has 0 saturated heterocycles. The fourth-order valence-electron chi connectivity index (χ4n) is 1.77. The van der Waals surface area contributed by atoms with Crippen LogP contribution in [0.4, 0.5) is 0 Å². The summed E-state index contributed by atoms with van der Waals surface area (Å²) in [6.07, 6.45) is 8.57. The minimum atomic E-state index is 0.232. The number of carbonyl (C=O) groups is 1. The highest BCUT2D eigenvalue weighted by Gasteiger charge is 2.10. The first-order chi connectivity index (χ1) is 7.74. The minimum Gasteiger partial charge on any atom is -0.353 e. The van der Waals surface area contributed by atoms with Gasteiger partial charge in [0.15, 0.2) is 0 Å². The molecule has 0 aromatic rings. The molecule has 3 heteroatoms. The number of hydrogen-bond acceptors (Lipinski definition) is 1. The van der Waals surface area contributed by atoms with Gasteiger partial charge in [0.05, 0.1) is 0 Å². The molecule has 0 bridgehead atoms. The van der Waals surface area contributed by atoms with Crippen LogP contribution in [0.15, 0.2) is 0 Å². The van der Waals surface area contributed by atoms with E-state index in [-0.39, 0.29) is 5.91 Å². The first kappa shape index (κ1) is 16.0. The summed E-state index contributed by atoms with van der Waals surface area (Å²) in [5, 5.41) is 4.15. The van der Waals surface area contributed by atoms with Crippen molar-refractivity contribution in [3.05, 3.63) is 0 Å². The second-order valence-electron chi connectivity index (χ2n) is 4.34. The van der Waals surface area contributed by atoms with Crippen LogP contribution in [0.5, 0.6) is 0 Å². The van der Waals surface area contributed by atoms with Gasteiger partial charge < -0.3 is 5.32 Å². The highest BCUT2D eigenvalue weighted by molar-refractivity contribution is 9.09. The van der Waals surface area contributed by atoms with Gasteiger partial charge in [-0.1, -0.05) is 49.0 Å². The molecule has 1 N–H and O–H groups in total. The van der Waals surface area contributed by atoms with Crippen LogP contribution in [0, 0.1) is 0 Å².